The van der Waals surface area contributed by atoms with Crippen LogP contribution in [0.25, 0.3) is 0 Å². The summed E-state index contributed by atoms with van der Waals surface area (Å²) in [6, 6.07) is 0.839. The molecule has 2 fully saturated rings. The first-order valence-corrected chi connectivity index (χ1v) is 7.19. The second-order valence-corrected chi connectivity index (χ2v) is 5.93. The largest absolute Gasteiger partial charge is 0.344 e. The molecule has 1 unspecified atom stereocenters. The standard InChI is InChI=1S/C14H25N3O2/c1-15(11-4-5-11)8-9-16(2)14(19)10-12-6-7-13(18)17(12)3/h11-12H,4-10H2,1-3H3. The van der Waals surface area contributed by atoms with E-state index in [9.17, 15) is 9.59 Å². The predicted molar refractivity (Wildman–Crippen MR) is 73.7 cm³/mol. The minimum absolute atomic E-state index is 0.101. The Morgan fingerprint density at radius 1 is 1.26 bits per heavy atom. The summed E-state index contributed by atoms with van der Waals surface area (Å²) in [5, 5.41) is 0. The van der Waals surface area contributed by atoms with E-state index in [1.807, 2.05) is 7.05 Å². The average molecular weight is 267 g/mol. The first-order valence-electron chi connectivity index (χ1n) is 7.19. The fraction of sp³-hybridized carbons (Fsp3) is 0.857. The maximum atomic E-state index is 12.1. The zero-order valence-electron chi connectivity index (χ0n) is 12.3. The topological polar surface area (TPSA) is 43.9 Å². The zero-order chi connectivity index (χ0) is 14.0. The second kappa shape index (κ2) is 5.90. The van der Waals surface area contributed by atoms with Crippen LogP contribution in [0.3, 0.4) is 0 Å². The third kappa shape index (κ3) is 3.69. The average Bonchev–Trinajstić information content (AvgIpc) is 3.18. The van der Waals surface area contributed by atoms with Crippen molar-refractivity contribution in [1.29, 1.82) is 0 Å². The summed E-state index contributed by atoms with van der Waals surface area (Å²) in [7, 11) is 5.79. The smallest absolute Gasteiger partial charge is 0.224 e. The number of likely N-dealkylation sites (N-methyl/N-ethyl adjacent to an activating group) is 2. The van der Waals surface area contributed by atoms with E-state index >= 15 is 0 Å². The SMILES string of the molecule is CN(CCN(C)C1CC1)C(=O)CC1CCC(=O)N1C. The molecule has 5 nitrogen and oxygen atoms in total. The van der Waals surface area contributed by atoms with Crippen LogP contribution in [0.2, 0.25) is 0 Å². The van der Waals surface area contributed by atoms with Crippen LogP contribution in [0.1, 0.15) is 32.1 Å². The highest BCUT2D eigenvalue weighted by Gasteiger charge is 2.30. The molecule has 0 spiro atoms. The van der Waals surface area contributed by atoms with Gasteiger partial charge in [0.2, 0.25) is 11.8 Å². The Balaban J connectivity index is 1.71. The van der Waals surface area contributed by atoms with Gasteiger partial charge in [-0.1, -0.05) is 0 Å². The van der Waals surface area contributed by atoms with Gasteiger partial charge in [0.15, 0.2) is 0 Å². The molecule has 1 saturated heterocycles. The molecular weight excluding hydrogens is 242 g/mol. The molecule has 1 aliphatic carbocycles. The number of rotatable bonds is 6. The van der Waals surface area contributed by atoms with Crippen molar-refractivity contribution in [3.05, 3.63) is 0 Å². The van der Waals surface area contributed by atoms with Crippen molar-refractivity contribution in [3.8, 4) is 0 Å². The first kappa shape index (κ1) is 14.3. The highest BCUT2D eigenvalue weighted by Crippen LogP contribution is 2.25. The number of carbonyl (C=O) groups excluding carboxylic acids is 2. The van der Waals surface area contributed by atoms with Crippen LogP contribution in [-0.2, 0) is 9.59 Å². The molecule has 1 aliphatic heterocycles. The van der Waals surface area contributed by atoms with Crippen LogP contribution in [0.15, 0.2) is 0 Å². The minimum atomic E-state index is 0.101. The molecule has 5 heteroatoms. The molecule has 1 heterocycles. The summed E-state index contributed by atoms with van der Waals surface area (Å²) in [4.78, 5) is 29.4. The number of likely N-dealkylation sites (tertiary alicyclic amines) is 1. The highest BCUT2D eigenvalue weighted by atomic mass is 16.2. The molecule has 2 aliphatic rings. The lowest BCUT2D eigenvalue weighted by atomic mass is 10.1. The van der Waals surface area contributed by atoms with Crippen LogP contribution >= 0.6 is 0 Å². The number of carbonyl (C=O) groups is 2. The Hall–Kier alpha value is -1.10. The van der Waals surface area contributed by atoms with Gasteiger partial charge in [-0.25, -0.2) is 0 Å². The van der Waals surface area contributed by atoms with Gasteiger partial charge >= 0.3 is 0 Å². The maximum Gasteiger partial charge on any atom is 0.224 e. The predicted octanol–water partition coefficient (Wildman–Crippen LogP) is 0.550. The lowest BCUT2D eigenvalue weighted by molar-refractivity contribution is -0.132. The van der Waals surface area contributed by atoms with Crippen molar-refractivity contribution < 1.29 is 9.59 Å². The quantitative estimate of drug-likeness (QED) is 0.706. The Morgan fingerprint density at radius 3 is 2.47 bits per heavy atom. The summed E-state index contributed by atoms with van der Waals surface area (Å²) in [6.07, 6.45) is 4.46. The van der Waals surface area contributed by atoms with Crippen molar-refractivity contribution in [2.45, 2.75) is 44.2 Å². The molecule has 0 radical (unpaired) electrons. The monoisotopic (exact) mass is 267 g/mol. The fourth-order valence-corrected chi connectivity index (χ4v) is 2.59. The van der Waals surface area contributed by atoms with Crippen LogP contribution in [0.4, 0.5) is 0 Å². The fourth-order valence-electron chi connectivity index (χ4n) is 2.59. The number of hydrogen-bond donors (Lipinski definition) is 0. The van der Waals surface area contributed by atoms with E-state index in [1.165, 1.54) is 12.8 Å². The van der Waals surface area contributed by atoms with Gasteiger partial charge in [0, 0.05) is 52.1 Å². The molecule has 0 aromatic carbocycles. The van der Waals surface area contributed by atoms with Gasteiger partial charge in [0.05, 0.1) is 0 Å². The van der Waals surface area contributed by atoms with E-state index in [2.05, 4.69) is 11.9 Å². The lowest BCUT2D eigenvalue weighted by Crippen LogP contribution is -2.39. The molecule has 1 atom stereocenters. The molecule has 1 saturated carbocycles. The summed E-state index contributed by atoms with van der Waals surface area (Å²) in [5.74, 6) is 0.310. The van der Waals surface area contributed by atoms with Gasteiger partial charge in [-0.15, -0.1) is 0 Å². The van der Waals surface area contributed by atoms with Crippen LogP contribution in [0.5, 0.6) is 0 Å². The summed E-state index contributed by atoms with van der Waals surface area (Å²) in [6.45, 7) is 1.71. The lowest BCUT2D eigenvalue weighted by Gasteiger charge is -2.25. The third-order valence-electron chi connectivity index (χ3n) is 4.43. The van der Waals surface area contributed by atoms with Crippen LogP contribution < -0.4 is 0 Å². The molecule has 0 bridgehead atoms. The summed E-state index contributed by atoms with van der Waals surface area (Å²) in [5.41, 5.74) is 0. The molecule has 108 valence electrons. The van der Waals surface area contributed by atoms with E-state index in [1.54, 1.807) is 16.8 Å². The van der Waals surface area contributed by atoms with Crippen molar-refractivity contribution in [2.24, 2.45) is 0 Å². The van der Waals surface area contributed by atoms with E-state index in [4.69, 9.17) is 0 Å². The Labute approximate surface area is 115 Å². The zero-order valence-corrected chi connectivity index (χ0v) is 12.3. The van der Waals surface area contributed by atoms with Crippen LogP contribution in [-0.4, -0.2) is 72.8 Å². The Kier molecular flexibility index (Phi) is 4.45. The Morgan fingerprint density at radius 2 is 1.95 bits per heavy atom. The summed E-state index contributed by atoms with van der Waals surface area (Å²) >= 11 is 0. The van der Waals surface area contributed by atoms with Gasteiger partial charge in [-0.2, -0.15) is 0 Å². The van der Waals surface area contributed by atoms with E-state index in [0.29, 0.717) is 12.8 Å². The van der Waals surface area contributed by atoms with E-state index in [0.717, 1.165) is 25.6 Å². The molecule has 0 aromatic rings. The normalized spacial score (nSPS) is 23.3. The van der Waals surface area contributed by atoms with E-state index < -0.39 is 0 Å². The molecule has 2 rings (SSSR count). The van der Waals surface area contributed by atoms with Crippen LogP contribution in [0, 0.1) is 0 Å². The Bertz CT molecular complexity index is 355. The number of nitrogens with zero attached hydrogens (tertiary/aromatic N) is 3. The molecule has 2 amide bonds. The van der Waals surface area contributed by atoms with Gasteiger partial charge in [-0.05, 0) is 26.3 Å². The third-order valence-corrected chi connectivity index (χ3v) is 4.43. The van der Waals surface area contributed by atoms with Crippen molar-refractivity contribution in [1.82, 2.24) is 14.7 Å². The van der Waals surface area contributed by atoms with Gasteiger partial charge < -0.3 is 14.7 Å². The molecular formula is C14H25N3O2. The first-order chi connectivity index (χ1) is 8.99. The van der Waals surface area contributed by atoms with Gasteiger partial charge in [0.25, 0.3) is 0 Å². The number of hydrogen-bond acceptors (Lipinski definition) is 3. The highest BCUT2D eigenvalue weighted by molar-refractivity contribution is 5.81. The van der Waals surface area contributed by atoms with Crippen molar-refractivity contribution in [2.75, 3.05) is 34.2 Å². The van der Waals surface area contributed by atoms with Gasteiger partial charge in [-0.3, -0.25) is 9.59 Å². The van der Waals surface area contributed by atoms with Crippen molar-refractivity contribution in [3.63, 3.8) is 0 Å². The van der Waals surface area contributed by atoms with Gasteiger partial charge in [0.1, 0.15) is 0 Å². The molecule has 0 aromatic heterocycles. The maximum absolute atomic E-state index is 12.1. The van der Waals surface area contributed by atoms with E-state index in [-0.39, 0.29) is 17.9 Å². The molecule has 19 heavy (non-hydrogen) atoms. The van der Waals surface area contributed by atoms with Crippen molar-refractivity contribution >= 4 is 11.8 Å². The second-order valence-electron chi connectivity index (χ2n) is 5.93. The number of amides is 2. The molecule has 0 N–H and O–H groups in total. The minimum Gasteiger partial charge on any atom is -0.344 e. The summed E-state index contributed by atoms with van der Waals surface area (Å²) < 4.78 is 0.